The van der Waals surface area contributed by atoms with Crippen molar-refractivity contribution in [2.45, 2.75) is 43.5 Å². The van der Waals surface area contributed by atoms with Gasteiger partial charge in [0.1, 0.15) is 0 Å². The van der Waals surface area contributed by atoms with Gasteiger partial charge in [-0.15, -0.1) is 0 Å². The maximum Gasteiger partial charge on any atom is 0.306 e. The number of rotatable bonds is 10. The number of aromatic nitrogens is 1. The van der Waals surface area contributed by atoms with Crippen molar-refractivity contribution in [2.75, 3.05) is 19.7 Å². The molecule has 0 amide bonds. The molecule has 1 fully saturated rings. The zero-order valence-electron chi connectivity index (χ0n) is 19.4. The lowest BCUT2D eigenvalue weighted by Crippen LogP contribution is -2.27. The Morgan fingerprint density at radius 3 is 2.46 bits per heavy atom. The van der Waals surface area contributed by atoms with E-state index in [9.17, 15) is 18.0 Å². The monoisotopic (exact) mass is 493 g/mol. The van der Waals surface area contributed by atoms with Crippen LogP contribution in [0.2, 0.25) is 0 Å². The maximum atomic E-state index is 12.7. The molecular weight excluding hydrogens is 466 g/mol. The first-order valence-corrected chi connectivity index (χ1v) is 13.1. The molecule has 1 aliphatic rings. The number of para-hydroxylation sites is 1. The van der Waals surface area contributed by atoms with E-state index in [2.05, 4.69) is 6.07 Å². The predicted octanol–water partition coefficient (Wildman–Crippen LogP) is 3.70. The number of hydrogen-bond acceptors (Lipinski definition) is 6. The van der Waals surface area contributed by atoms with E-state index in [1.807, 2.05) is 28.8 Å². The summed E-state index contributed by atoms with van der Waals surface area (Å²) in [6.45, 7) is 1.21. The molecule has 0 radical (unpaired) electrons. The van der Waals surface area contributed by atoms with Crippen molar-refractivity contribution in [1.82, 2.24) is 8.87 Å². The maximum absolute atomic E-state index is 12.7. The first-order valence-electron chi connectivity index (χ1n) is 11.6. The Bertz CT molecular complexity index is 1360. The van der Waals surface area contributed by atoms with E-state index in [4.69, 9.17) is 10.00 Å². The van der Waals surface area contributed by atoms with Crippen LogP contribution in [0.15, 0.2) is 59.6 Å². The largest absolute Gasteiger partial charge is 0.457 e. The number of hydrogen-bond donors (Lipinski definition) is 0. The van der Waals surface area contributed by atoms with Gasteiger partial charge in [0.05, 0.1) is 17.4 Å². The highest BCUT2D eigenvalue weighted by Gasteiger charge is 2.27. The van der Waals surface area contributed by atoms with Crippen LogP contribution in [-0.2, 0) is 32.5 Å². The van der Waals surface area contributed by atoms with Gasteiger partial charge in [-0.1, -0.05) is 30.3 Å². The predicted molar refractivity (Wildman–Crippen MR) is 130 cm³/mol. The number of nitrogens with zero attached hydrogens (tertiary/aromatic N) is 3. The highest BCUT2D eigenvalue weighted by molar-refractivity contribution is 7.89. The van der Waals surface area contributed by atoms with Crippen LogP contribution in [0.4, 0.5) is 0 Å². The van der Waals surface area contributed by atoms with Gasteiger partial charge in [0.25, 0.3) is 0 Å². The van der Waals surface area contributed by atoms with Crippen molar-refractivity contribution in [3.63, 3.8) is 0 Å². The molecule has 0 unspecified atom stereocenters. The minimum atomic E-state index is -3.46. The normalized spacial score (nSPS) is 14.1. The standard InChI is InChI=1S/C26H27N3O5S/c27-14-5-15-28-18-23(22-6-1-2-7-24(22)28)25(30)19-34-26(31)13-10-20-8-11-21(12-9-20)35(32,33)29-16-3-4-17-29/h1-2,6-9,11-12,18H,3-5,10,13,15-17,19H2. The van der Waals surface area contributed by atoms with Gasteiger partial charge in [0, 0.05) is 48.7 Å². The molecule has 35 heavy (non-hydrogen) atoms. The number of carbonyl (C=O) groups excluding carboxylic acids is 2. The summed E-state index contributed by atoms with van der Waals surface area (Å²) in [6.07, 6.45) is 4.25. The molecule has 4 rings (SSSR count). The van der Waals surface area contributed by atoms with Crippen LogP contribution in [0.3, 0.4) is 0 Å². The summed E-state index contributed by atoms with van der Waals surface area (Å²) in [6, 6.07) is 16.1. The SMILES string of the molecule is N#CCCn1cc(C(=O)COC(=O)CCc2ccc(S(=O)(=O)N3CCCC3)cc2)c2ccccc21. The molecule has 0 bridgehead atoms. The van der Waals surface area contributed by atoms with Gasteiger partial charge in [0.15, 0.2) is 6.61 Å². The van der Waals surface area contributed by atoms with E-state index in [-0.39, 0.29) is 23.7 Å². The first-order chi connectivity index (χ1) is 16.9. The van der Waals surface area contributed by atoms with E-state index in [1.165, 1.54) is 4.31 Å². The van der Waals surface area contributed by atoms with Gasteiger partial charge in [-0.25, -0.2) is 8.42 Å². The third-order valence-corrected chi connectivity index (χ3v) is 8.07. The fourth-order valence-corrected chi connectivity index (χ4v) is 5.79. The summed E-state index contributed by atoms with van der Waals surface area (Å²) in [5, 5.41) is 9.63. The van der Waals surface area contributed by atoms with Crippen LogP contribution in [0.25, 0.3) is 10.9 Å². The van der Waals surface area contributed by atoms with Crippen LogP contribution in [0, 0.1) is 11.3 Å². The average Bonchev–Trinajstić information content (AvgIpc) is 3.54. The lowest BCUT2D eigenvalue weighted by atomic mass is 10.1. The second-order valence-electron chi connectivity index (χ2n) is 8.50. The Hall–Kier alpha value is -3.48. The van der Waals surface area contributed by atoms with Crippen molar-refractivity contribution < 1.29 is 22.7 Å². The quantitative estimate of drug-likeness (QED) is 0.315. The number of ether oxygens (including phenoxy) is 1. The molecule has 9 heteroatoms. The van der Waals surface area contributed by atoms with Crippen molar-refractivity contribution >= 4 is 32.7 Å². The van der Waals surface area contributed by atoms with E-state index >= 15 is 0 Å². The fraction of sp³-hybridized carbons (Fsp3) is 0.346. The van der Waals surface area contributed by atoms with Gasteiger partial charge in [-0.05, 0) is 43.0 Å². The molecular formula is C26H27N3O5S. The molecule has 3 aromatic rings. The van der Waals surface area contributed by atoms with E-state index in [0.717, 1.165) is 29.3 Å². The Labute approximate surface area is 204 Å². The number of nitriles is 1. The van der Waals surface area contributed by atoms with Crippen molar-refractivity contribution in [3.05, 3.63) is 65.9 Å². The zero-order valence-corrected chi connectivity index (χ0v) is 20.2. The number of benzene rings is 2. The lowest BCUT2D eigenvalue weighted by Gasteiger charge is -2.15. The molecule has 0 saturated carbocycles. The van der Waals surface area contributed by atoms with Crippen molar-refractivity contribution in [1.29, 1.82) is 5.26 Å². The summed E-state index contributed by atoms with van der Waals surface area (Å²) >= 11 is 0. The Morgan fingerprint density at radius 2 is 1.74 bits per heavy atom. The van der Waals surface area contributed by atoms with E-state index in [0.29, 0.717) is 38.0 Å². The summed E-state index contributed by atoms with van der Waals surface area (Å²) in [4.78, 5) is 25.2. The molecule has 1 aliphatic heterocycles. The lowest BCUT2D eigenvalue weighted by molar-refractivity contribution is -0.142. The minimum absolute atomic E-state index is 0.0788. The number of aryl methyl sites for hydroxylation is 2. The molecule has 0 atom stereocenters. The molecule has 2 heterocycles. The van der Waals surface area contributed by atoms with Crippen LogP contribution in [0.1, 0.15) is 41.6 Å². The fourth-order valence-electron chi connectivity index (χ4n) is 4.27. The number of fused-ring (bicyclic) bond motifs is 1. The van der Waals surface area contributed by atoms with Crippen LogP contribution in [0.5, 0.6) is 0 Å². The number of Topliss-reactive ketones (excluding diaryl/α,β-unsaturated/α-hetero) is 1. The Kier molecular flexibility index (Phi) is 7.63. The molecule has 182 valence electrons. The summed E-state index contributed by atoms with van der Waals surface area (Å²) in [5.41, 5.74) is 2.13. The molecule has 0 N–H and O–H groups in total. The molecule has 1 saturated heterocycles. The second-order valence-corrected chi connectivity index (χ2v) is 10.4. The van der Waals surface area contributed by atoms with Crippen LogP contribution in [-0.4, -0.2) is 48.7 Å². The highest BCUT2D eigenvalue weighted by atomic mass is 32.2. The van der Waals surface area contributed by atoms with E-state index in [1.54, 1.807) is 30.5 Å². The first kappa shape index (κ1) is 24.6. The number of carbonyl (C=O) groups is 2. The molecule has 8 nitrogen and oxygen atoms in total. The molecule has 0 aliphatic carbocycles. The van der Waals surface area contributed by atoms with Crippen molar-refractivity contribution in [3.8, 4) is 6.07 Å². The molecule has 0 spiro atoms. The number of esters is 1. The average molecular weight is 494 g/mol. The second kappa shape index (κ2) is 10.8. The summed E-state index contributed by atoms with van der Waals surface area (Å²) < 4.78 is 33.8. The molecule has 2 aromatic carbocycles. The smallest absolute Gasteiger partial charge is 0.306 e. The van der Waals surface area contributed by atoms with Gasteiger partial charge < -0.3 is 9.30 Å². The van der Waals surface area contributed by atoms with Crippen LogP contribution >= 0.6 is 0 Å². The Morgan fingerprint density at radius 1 is 1.03 bits per heavy atom. The minimum Gasteiger partial charge on any atom is -0.457 e. The topological polar surface area (TPSA) is 109 Å². The van der Waals surface area contributed by atoms with Gasteiger partial charge >= 0.3 is 5.97 Å². The molecule has 1 aromatic heterocycles. The third-order valence-electron chi connectivity index (χ3n) is 6.16. The number of ketones is 1. The summed E-state index contributed by atoms with van der Waals surface area (Å²) in [5.74, 6) is -0.804. The third kappa shape index (κ3) is 5.61. The van der Waals surface area contributed by atoms with Gasteiger partial charge in [0.2, 0.25) is 15.8 Å². The van der Waals surface area contributed by atoms with E-state index < -0.39 is 16.0 Å². The zero-order chi connectivity index (χ0) is 24.8. The highest BCUT2D eigenvalue weighted by Crippen LogP contribution is 2.23. The van der Waals surface area contributed by atoms with Gasteiger partial charge in [-0.3, -0.25) is 9.59 Å². The van der Waals surface area contributed by atoms with Crippen LogP contribution < -0.4 is 0 Å². The van der Waals surface area contributed by atoms with Crippen molar-refractivity contribution in [2.24, 2.45) is 0 Å². The van der Waals surface area contributed by atoms with Gasteiger partial charge in [-0.2, -0.15) is 9.57 Å². The summed E-state index contributed by atoms with van der Waals surface area (Å²) in [7, 11) is -3.46. The number of sulfonamides is 1. The Balaban J connectivity index is 1.31.